The SMILES string of the molecule is CO[C@H](CCC1CC1)Cc1nnc2cc(-c3ccnc(Nc4ccnn4C)c3)ccn12. The molecule has 1 fully saturated rings. The van der Waals surface area contributed by atoms with Crippen molar-refractivity contribution in [3.05, 3.63) is 54.7 Å². The monoisotopic (exact) mass is 417 g/mol. The smallest absolute Gasteiger partial charge is 0.161 e. The third-order valence-corrected chi connectivity index (χ3v) is 5.99. The molecule has 0 saturated heterocycles. The van der Waals surface area contributed by atoms with Crippen LogP contribution in [-0.4, -0.2) is 42.6 Å². The fourth-order valence-electron chi connectivity index (χ4n) is 3.90. The summed E-state index contributed by atoms with van der Waals surface area (Å²) in [7, 11) is 3.68. The average Bonchev–Trinajstić information content (AvgIpc) is 3.42. The number of nitrogens with one attached hydrogen (secondary N) is 1. The number of pyridine rings is 2. The Morgan fingerprint density at radius 1 is 1.13 bits per heavy atom. The molecule has 160 valence electrons. The first-order valence-corrected chi connectivity index (χ1v) is 10.8. The molecule has 1 atom stereocenters. The van der Waals surface area contributed by atoms with Crippen LogP contribution in [-0.2, 0) is 18.2 Å². The molecule has 0 aliphatic heterocycles. The van der Waals surface area contributed by atoms with Gasteiger partial charge in [0.25, 0.3) is 0 Å². The highest BCUT2D eigenvalue weighted by Gasteiger charge is 2.23. The van der Waals surface area contributed by atoms with Crippen LogP contribution in [0.15, 0.2) is 48.9 Å². The zero-order valence-corrected chi connectivity index (χ0v) is 17.9. The van der Waals surface area contributed by atoms with Gasteiger partial charge in [-0.2, -0.15) is 5.10 Å². The molecule has 8 heteroatoms. The van der Waals surface area contributed by atoms with Crippen LogP contribution in [0.3, 0.4) is 0 Å². The molecule has 0 aromatic carbocycles. The van der Waals surface area contributed by atoms with Crippen LogP contribution in [0, 0.1) is 5.92 Å². The lowest BCUT2D eigenvalue weighted by Gasteiger charge is -2.14. The Kier molecular flexibility index (Phi) is 5.38. The second kappa shape index (κ2) is 8.47. The van der Waals surface area contributed by atoms with Crippen LogP contribution in [0.25, 0.3) is 16.8 Å². The lowest BCUT2D eigenvalue weighted by Crippen LogP contribution is -2.16. The number of anilines is 2. The van der Waals surface area contributed by atoms with Gasteiger partial charge in [0.15, 0.2) is 5.65 Å². The van der Waals surface area contributed by atoms with Gasteiger partial charge in [-0.05, 0) is 54.2 Å². The Morgan fingerprint density at radius 2 is 2.00 bits per heavy atom. The van der Waals surface area contributed by atoms with Crippen molar-refractivity contribution < 1.29 is 4.74 Å². The molecule has 5 rings (SSSR count). The lowest BCUT2D eigenvalue weighted by molar-refractivity contribution is 0.0905. The van der Waals surface area contributed by atoms with E-state index in [0.29, 0.717) is 0 Å². The van der Waals surface area contributed by atoms with Gasteiger partial charge in [0.1, 0.15) is 17.5 Å². The molecular weight excluding hydrogens is 390 g/mol. The summed E-state index contributed by atoms with van der Waals surface area (Å²) in [5.74, 6) is 3.50. The van der Waals surface area contributed by atoms with Crippen molar-refractivity contribution in [2.45, 2.75) is 38.2 Å². The van der Waals surface area contributed by atoms with E-state index in [9.17, 15) is 0 Å². The Hall–Kier alpha value is -3.26. The van der Waals surface area contributed by atoms with Crippen molar-refractivity contribution in [1.82, 2.24) is 29.4 Å². The molecule has 0 amide bonds. The maximum atomic E-state index is 5.71. The molecule has 0 bridgehead atoms. The number of ether oxygens (including phenoxy) is 1. The molecule has 4 aromatic heterocycles. The van der Waals surface area contributed by atoms with Gasteiger partial charge in [-0.1, -0.05) is 12.8 Å². The Balaban J connectivity index is 1.34. The number of hydrogen-bond acceptors (Lipinski definition) is 6. The van der Waals surface area contributed by atoms with Crippen molar-refractivity contribution in [2.24, 2.45) is 13.0 Å². The van der Waals surface area contributed by atoms with E-state index in [1.807, 2.05) is 31.4 Å². The lowest BCUT2D eigenvalue weighted by atomic mass is 10.1. The summed E-state index contributed by atoms with van der Waals surface area (Å²) in [6, 6.07) is 10.1. The first-order valence-electron chi connectivity index (χ1n) is 10.8. The molecule has 4 aromatic rings. The van der Waals surface area contributed by atoms with Crippen molar-refractivity contribution in [1.29, 1.82) is 0 Å². The van der Waals surface area contributed by atoms with Crippen LogP contribution in [0.1, 0.15) is 31.5 Å². The van der Waals surface area contributed by atoms with Gasteiger partial charge in [0.2, 0.25) is 0 Å². The fraction of sp³-hybridized carbons (Fsp3) is 0.391. The highest BCUT2D eigenvalue weighted by Crippen LogP contribution is 2.34. The van der Waals surface area contributed by atoms with E-state index in [4.69, 9.17) is 4.74 Å². The minimum Gasteiger partial charge on any atom is -0.381 e. The molecule has 8 nitrogen and oxygen atoms in total. The zero-order valence-electron chi connectivity index (χ0n) is 17.9. The van der Waals surface area contributed by atoms with Gasteiger partial charge in [0.05, 0.1) is 12.3 Å². The Bertz CT molecular complexity index is 1180. The zero-order chi connectivity index (χ0) is 21.2. The maximum Gasteiger partial charge on any atom is 0.161 e. The second-order valence-corrected chi connectivity index (χ2v) is 8.24. The van der Waals surface area contributed by atoms with E-state index in [1.165, 1.54) is 19.3 Å². The van der Waals surface area contributed by atoms with Gasteiger partial charge in [-0.25, -0.2) is 4.98 Å². The third kappa shape index (κ3) is 4.44. The molecule has 0 unspecified atom stereocenters. The molecule has 0 radical (unpaired) electrons. The van der Waals surface area contributed by atoms with E-state index in [2.05, 4.69) is 42.1 Å². The summed E-state index contributed by atoms with van der Waals surface area (Å²) in [5, 5.41) is 16.3. The number of hydrogen-bond donors (Lipinski definition) is 1. The maximum absolute atomic E-state index is 5.71. The van der Waals surface area contributed by atoms with Crippen LogP contribution in [0.2, 0.25) is 0 Å². The molecule has 31 heavy (non-hydrogen) atoms. The van der Waals surface area contributed by atoms with Gasteiger partial charge in [-0.15, -0.1) is 10.2 Å². The van der Waals surface area contributed by atoms with Crippen LogP contribution >= 0.6 is 0 Å². The molecule has 1 saturated carbocycles. The fourth-order valence-corrected chi connectivity index (χ4v) is 3.90. The quantitative estimate of drug-likeness (QED) is 0.443. The molecule has 0 spiro atoms. The topological polar surface area (TPSA) is 82.2 Å². The van der Waals surface area contributed by atoms with Crippen molar-refractivity contribution >= 4 is 17.3 Å². The van der Waals surface area contributed by atoms with E-state index in [0.717, 1.165) is 53.0 Å². The first kappa shape index (κ1) is 19.7. The summed E-state index contributed by atoms with van der Waals surface area (Å²) in [4.78, 5) is 4.42. The summed E-state index contributed by atoms with van der Waals surface area (Å²) in [6.45, 7) is 0. The number of aryl methyl sites for hydroxylation is 1. The standard InChI is InChI=1S/C23H27N7O/c1-29-21(8-11-25-29)26-20-13-17(7-10-24-20)18-9-12-30-22(14-18)27-28-23(30)15-19(31-2)6-5-16-3-4-16/h7-14,16,19H,3-6,15H2,1-2H3,(H,24,26)/t19-/m1/s1. The number of aromatic nitrogens is 6. The predicted octanol–water partition coefficient (Wildman–Crippen LogP) is 4.02. The van der Waals surface area contributed by atoms with Crippen molar-refractivity contribution in [3.63, 3.8) is 0 Å². The summed E-state index contributed by atoms with van der Waals surface area (Å²) in [5.41, 5.74) is 2.97. The summed E-state index contributed by atoms with van der Waals surface area (Å²) >= 11 is 0. The van der Waals surface area contributed by atoms with E-state index < -0.39 is 0 Å². The van der Waals surface area contributed by atoms with Crippen LogP contribution in [0.4, 0.5) is 11.6 Å². The van der Waals surface area contributed by atoms with Crippen LogP contribution in [0.5, 0.6) is 0 Å². The van der Waals surface area contributed by atoms with E-state index >= 15 is 0 Å². The van der Waals surface area contributed by atoms with Gasteiger partial charge in [-0.3, -0.25) is 9.08 Å². The number of rotatable bonds is 9. The van der Waals surface area contributed by atoms with Crippen molar-refractivity contribution in [2.75, 3.05) is 12.4 Å². The summed E-state index contributed by atoms with van der Waals surface area (Å²) in [6.07, 6.45) is 11.6. The minimum atomic E-state index is 0.188. The van der Waals surface area contributed by atoms with Gasteiger partial charge >= 0.3 is 0 Å². The van der Waals surface area contributed by atoms with E-state index in [1.54, 1.807) is 24.2 Å². The van der Waals surface area contributed by atoms with E-state index in [-0.39, 0.29) is 6.10 Å². The normalized spacial score (nSPS) is 14.8. The average molecular weight is 418 g/mol. The first-order chi connectivity index (χ1) is 15.2. The number of methoxy groups -OCH3 is 1. The Morgan fingerprint density at radius 3 is 2.77 bits per heavy atom. The molecule has 1 aliphatic rings. The summed E-state index contributed by atoms with van der Waals surface area (Å²) < 4.78 is 9.54. The highest BCUT2D eigenvalue weighted by molar-refractivity contribution is 5.70. The largest absolute Gasteiger partial charge is 0.381 e. The molecular formula is C23H27N7O. The molecule has 1 aliphatic carbocycles. The minimum absolute atomic E-state index is 0.188. The second-order valence-electron chi connectivity index (χ2n) is 8.24. The molecule has 4 heterocycles. The number of nitrogens with zero attached hydrogens (tertiary/aromatic N) is 6. The predicted molar refractivity (Wildman–Crippen MR) is 119 cm³/mol. The molecule has 1 N–H and O–H groups in total. The number of fused-ring (bicyclic) bond motifs is 1. The Labute approximate surface area is 181 Å². The van der Waals surface area contributed by atoms with Crippen molar-refractivity contribution in [3.8, 4) is 11.1 Å². The third-order valence-electron chi connectivity index (χ3n) is 5.99. The highest BCUT2D eigenvalue weighted by atomic mass is 16.5. The van der Waals surface area contributed by atoms with Crippen LogP contribution < -0.4 is 5.32 Å². The van der Waals surface area contributed by atoms with Gasteiger partial charge < -0.3 is 10.1 Å². The van der Waals surface area contributed by atoms with Gasteiger partial charge in [0, 0.05) is 39.0 Å².